The predicted molar refractivity (Wildman–Crippen MR) is 79.4 cm³/mol. The first-order chi connectivity index (χ1) is 8.78. The number of thiazole rings is 1. The fourth-order valence-corrected chi connectivity index (χ4v) is 3.19. The Hall–Kier alpha value is -1.07. The zero-order chi connectivity index (χ0) is 12.8. The molecule has 0 spiro atoms. The van der Waals surface area contributed by atoms with Gasteiger partial charge in [-0.15, -0.1) is 11.3 Å². The first kappa shape index (κ1) is 13.4. The van der Waals surface area contributed by atoms with Gasteiger partial charge in [-0.2, -0.15) is 0 Å². The van der Waals surface area contributed by atoms with Crippen LogP contribution in [-0.2, 0) is 5.75 Å². The minimum Gasteiger partial charge on any atom is -0.370 e. The van der Waals surface area contributed by atoms with Crippen molar-refractivity contribution in [3.05, 3.63) is 35.0 Å². The lowest BCUT2D eigenvalue weighted by Gasteiger charge is -2.04. The van der Waals surface area contributed by atoms with Gasteiger partial charge in [0.1, 0.15) is 10.2 Å². The monoisotopic (exact) mass is 279 g/mol. The van der Waals surface area contributed by atoms with Crippen molar-refractivity contribution in [3.63, 3.8) is 0 Å². The van der Waals surface area contributed by atoms with E-state index in [2.05, 4.69) is 33.7 Å². The molecule has 0 saturated heterocycles. The summed E-state index contributed by atoms with van der Waals surface area (Å²) in [7, 11) is 0. The maximum Gasteiger partial charge on any atom is 0.150 e. The van der Waals surface area contributed by atoms with Crippen molar-refractivity contribution in [1.82, 2.24) is 9.97 Å². The summed E-state index contributed by atoms with van der Waals surface area (Å²) in [5.74, 6) is 1.88. The third-order valence-electron chi connectivity index (χ3n) is 2.34. The van der Waals surface area contributed by atoms with Gasteiger partial charge in [0.15, 0.2) is 0 Å². The summed E-state index contributed by atoms with van der Waals surface area (Å²) in [6, 6.07) is 4.16. The Morgan fingerprint density at radius 3 is 2.89 bits per heavy atom. The Bertz CT molecular complexity index is 479. The summed E-state index contributed by atoms with van der Waals surface area (Å²) >= 11 is 3.47. The standard InChI is InChI=1S/C13H17N3S2/c1-3-6-14-12-5-4-11(7-15-12)9-18-13-16-10(2)8-17-13/h4-5,7-8H,3,6,9H2,1-2H3,(H,14,15). The summed E-state index contributed by atoms with van der Waals surface area (Å²) in [5, 5.41) is 5.35. The molecule has 0 saturated carbocycles. The molecule has 0 aliphatic carbocycles. The molecule has 0 bridgehead atoms. The molecule has 5 heteroatoms. The summed E-state index contributed by atoms with van der Waals surface area (Å²) in [6.07, 6.45) is 3.05. The van der Waals surface area contributed by atoms with Gasteiger partial charge in [0.05, 0.1) is 0 Å². The smallest absolute Gasteiger partial charge is 0.150 e. The molecular weight excluding hydrogens is 262 g/mol. The number of thioether (sulfide) groups is 1. The molecule has 2 heterocycles. The van der Waals surface area contributed by atoms with Gasteiger partial charge >= 0.3 is 0 Å². The van der Waals surface area contributed by atoms with Crippen molar-refractivity contribution in [2.24, 2.45) is 0 Å². The number of hydrogen-bond acceptors (Lipinski definition) is 5. The van der Waals surface area contributed by atoms with Gasteiger partial charge < -0.3 is 5.32 Å². The molecule has 2 rings (SSSR count). The Kier molecular flexibility index (Phi) is 5.01. The van der Waals surface area contributed by atoms with Gasteiger partial charge in [-0.3, -0.25) is 0 Å². The highest BCUT2D eigenvalue weighted by atomic mass is 32.2. The number of nitrogens with zero attached hydrogens (tertiary/aromatic N) is 2. The fourth-order valence-electron chi connectivity index (χ4n) is 1.41. The number of anilines is 1. The molecule has 0 aliphatic heterocycles. The van der Waals surface area contributed by atoms with E-state index in [9.17, 15) is 0 Å². The Morgan fingerprint density at radius 1 is 1.39 bits per heavy atom. The molecule has 0 atom stereocenters. The lowest BCUT2D eigenvalue weighted by atomic mass is 10.3. The van der Waals surface area contributed by atoms with E-state index in [1.165, 1.54) is 5.56 Å². The van der Waals surface area contributed by atoms with Crippen molar-refractivity contribution in [1.29, 1.82) is 0 Å². The van der Waals surface area contributed by atoms with Crippen LogP contribution >= 0.6 is 23.1 Å². The lowest BCUT2D eigenvalue weighted by Crippen LogP contribution is -2.01. The Labute approximate surface area is 116 Å². The van der Waals surface area contributed by atoms with E-state index in [1.807, 2.05) is 19.2 Å². The van der Waals surface area contributed by atoms with E-state index in [-0.39, 0.29) is 0 Å². The van der Waals surface area contributed by atoms with Crippen molar-refractivity contribution < 1.29 is 0 Å². The Morgan fingerprint density at radius 2 is 2.28 bits per heavy atom. The minimum atomic E-state index is 0.925. The third kappa shape index (κ3) is 3.99. The van der Waals surface area contributed by atoms with Crippen LogP contribution in [0, 0.1) is 6.92 Å². The number of aryl methyl sites for hydroxylation is 1. The quantitative estimate of drug-likeness (QED) is 0.812. The van der Waals surface area contributed by atoms with Crippen LogP contribution in [0.4, 0.5) is 5.82 Å². The molecule has 0 radical (unpaired) electrons. The second-order valence-electron chi connectivity index (χ2n) is 4.02. The molecular formula is C13H17N3S2. The normalized spacial score (nSPS) is 10.6. The predicted octanol–water partition coefficient (Wildman–Crippen LogP) is 3.96. The van der Waals surface area contributed by atoms with Crippen LogP contribution in [0.5, 0.6) is 0 Å². The summed E-state index contributed by atoms with van der Waals surface area (Å²) < 4.78 is 1.13. The highest BCUT2D eigenvalue weighted by molar-refractivity contribution is 8.00. The molecule has 0 amide bonds. The molecule has 18 heavy (non-hydrogen) atoms. The van der Waals surface area contributed by atoms with Crippen molar-refractivity contribution in [2.45, 2.75) is 30.4 Å². The number of aromatic nitrogens is 2. The van der Waals surface area contributed by atoms with E-state index >= 15 is 0 Å². The third-order valence-corrected chi connectivity index (χ3v) is 4.55. The van der Waals surface area contributed by atoms with E-state index in [0.29, 0.717) is 0 Å². The zero-order valence-corrected chi connectivity index (χ0v) is 12.3. The average Bonchev–Trinajstić information content (AvgIpc) is 2.81. The van der Waals surface area contributed by atoms with Crippen LogP contribution < -0.4 is 5.32 Å². The van der Waals surface area contributed by atoms with Gasteiger partial charge in [0.2, 0.25) is 0 Å². The van der Waals surface area contributed by atoms with E-state index in [4.69, 9.17) is 0 Å². The highest BCUT2D eigenvalue weighted by Gasteiger charge is 2.01. The van der Waals surface area contributed by atoms with Gasteiger partial charge in [-0.25, -0.2) is 9.97 Å². The molecule has 0 aromatic carbocycles. The number of rotatable bonds is 6. The van der Waals surface area contributed by atoms with Crippen LogP contribution in [-0.4, -0.2) is 16.5 Å². The fraction of sp³-hybridized carbons (Fsp3) is 0.385. The van der Waals surface area contributed by atoms with Gasteiger partial charge in [-0.05, 0) is 25.0 Å². The summed E-state index contributed by atoms with van der Waals surface area (Å²) in [4.78, 5) is 8.82. The molecule has 1 N–H and O–H groups in total. The van der Waals surface area contributed by atoms with Crippen LogP contribution in [0.3, 0.4) is 0 Å². The SMILES string of the molecule is CCCNc1ccc(CSc2nc(C)cs2)cn1. The highest BCUT2D eigenvalue weighted by Crippen LogP contribution is 2.25. The molecule has 2 aromatic heterocycles. The number of pyridine rings is 1. The Balaban J connectivity index is 1.86. The number of hydrogen-bond donors (Lipinski definition) is 1. The second kappa shape index (κ2) is 6.75. The van der Waals surface area contributed by atoms with Gasteiger partial charge in [-0.1, -0.05) is 24.8 Å². The van der Waals surface area contributed by atoms with E-state index < -0.39 is 0 Å². The first-order valence-corrected chi connectivity index (χ1v) is 7.88. The number of nitrogens with one attached hydrogen (secondary N) is 1. The zero-order valence-electron chi connectivity index (χ0n) is 10.6. The van der Waals surface area contributed by atoms with Crippen molar-refractivity contribution >= 4 is 28.9 Å². The van der Waals surface area contributed by atoms with Crippen LogP contribution in [0.1, 0.15) is 24.6 Å². The molecule has 0 fully saturated rings. The summed E-state index contributed by atoms with van der Waals surface area (Å²) in [6.45, 7) is 5.14. The average molecular weight is 279 g/mol. The van der Waals surface area contributed by atoms with Crippen LogP contribution in [0.2, 0.25) is 0 Å². The van der Waals surface area contributed by atoms with Gasteiger partial charge in [0, 0.05) is 29.6 Å². The molecule has 96 valence electrons. The largest absolute Gasteiger partial charge is 0.370 e. The van der Waals surface area contributed by atoms with Crippen LogP contribution in [0.15, 0.2) is 28.0 Å². The van der Waals surface area contributed by atoms with Gasteiger partial charge in [0.25, 0.3) is 0 Å². The minimum absolute atomic E-state index is 0.925. The maximum atomic E-state index is 4.43. The molecule has 0 aliphatic rings. The second-order valence-corrected chi connectivity index (χ2v) is 6.10. The molecule has 2 aromatic rings. The lowest BCUT2D eigenvalue weighted by molar-refractivity contribution is 0.968. The topological polar surface area (TPSA) is 37.8 Å². The van der Waals surface area contributed by atoms with E-state index in [1.54, 1.807) is 23.1 Å². The maximum absolute atomic E-state index is 4.43. The first-order valence-electron chi connectivity index (χ1n) is 6.01. The molecule has 0 unspecified atom stereocenters. The van der Waals surface area contributed by atoms with Crippen LogP contribution in [0.25, 0.3) is 0 Å². The van der Waals surface area contributed by atoms with Crippen molar-refractivity contribution in [3.8, 4) is 0 Å². The van der Waals surface area contributed by atoms with E-state index in [0.717, 1.165) is 34.6 Å². The summed E-state index contributed by atoms with van der Waals surface area (Å²) in [5.41, 5.74) is 2.33. The molecule has 3 nitrogen and oxygen atoms in total. The van der Waals surface area contributed by atoms with Crippen molar-refractivity contribution in [2.75, 3.05) is 11.9 Å².